The number of imidazole rings is 1. The lowest BCUT2D eigenvalue weighted by Crippen LogP contribution is -2.30. The van der Waals surface area contributed by atoms with Gasteiger partial charge in [-0.2, -0.15) is 0 Å². The minimum absolute atomic E-state index is 0.0270. The molecule has 0 unspecified atom stereocenters. The van der Waals surface area contributed by atoms with Gasteiger partial charge in [-0.05, 0) is 71.5 Å². The summed E-state index contributed by atoms with van der Waals surface area (Å²) >= 11 is 6.43. The third kappa shape index (κ3) is 4.89. The maximum Gasteiger partial charge on any atom is 0.258 e. The number of aryl methyl sites for hydroxylation is 2. The number of nitrogens with zero attached hydrogens (tertiary/aromatic N) is 3. The van der Waals surface area contributed by atoms with Crippen LogP contribution >= 0.6 is 11.6 Å². The molecule has 1 atom stereocenters. The third-order valence-corrected chi connectivity index (χ3v) is 9.21. The molecule has 45 heavy (non-hydrogen) atoms. The van der Waals surface area contributed by atoms with Crippen LogP contribution in [0.25, 0.3) is 33.2 Å². The summed E-state index contributed by atoms with van der Waals surface area (Å²) in [5.74, 6) is 1.07. The van der Waals surface area contributed by atoms with E-state index in [0.717, 1.165) is 44.4 Å². The number of carbonyl (C=O) groups excluding carboxylic acids is 2. The Balaban J connectivity index is 1.17. The second-order valence-electron chi connectivity index (χ2n) is 11.7. The first-order valence-corrected chi connectivity index (χ1v) is 15.3. The van der Waals surface area contributed by atoms with Crippen molar-refractivity contribution in [2.45, 2.75) is 19.3 Å². The van der Waals surface area contributed by atoms with Gasteiger partial charge < -0.3 is 20.3 Å². The van der Waals surface area contributed by atoms with Crippen LogP contribution < -0.4 is 10.6 Å². The minimum atomic E-state index is -0.166. The number of nitrogens with two attached hydrogens (primary N) is 1. The quantitative estimate of drug-likeness (QED) is 0.116. The molecule has 3 N–H and O–H groups in total. The van der Waals surface area contributed by atoms with E-state index in [9.17, 15) is 14.7 Å². The van der Waals surface area contributed by atoms with Crippen LogP contribution in [-0.4, -0.2) is 38.8 Å². The van der Waals surface area contributed by atoms with E-state index in [1.165, 1.54) is 0 Å². The molecule has 0 saturated heterocycles. The largest absolute Gasteiger partial charge is 0.507 e. The van der Waals surface area contributed by atoms with Gasteiger partial charge in [0.25, 0.3) is 5.91 Å². The summed E-state index contributed by atoms with van der Waals surface area (Å²) in [5, 5.41) is 12.6. The SMILES string of the molecule is Cc1cccc2c(O)cc3c(c12)[C@H](CCl)CN3C(=O)c1ccc2c(c1)nc(-c1ccc(CC(=O)c3ccc(N)cc3)cc1)n2C. The van der Waals surface area contributed by atoms with Gasteiger partial charge >= 0.3 is 0 Å². The number of alkyl halides is 1. The van der Waals surface area contributed by atoms with Crippen LogP contribution in [0.3, 0.4) is 0 Å². The fraction of sp³-hybridized carbons (Fsp3) is 0.162. The van der Waals surface area contributed by atoms with Crippen molar-refractivity contribution in [3.8, 4) is 17.1 Å². The Hall–Kier alpha value is -5.14. The molecule has 0 fully saturated rings. The van der Waals surface area contributed by atoms with Crippen LogP contribution in [0.2, 0.25) is 0 Å². The number of ketones is 1. The molecule has 7 nitrogen and oxygen atoms in total. The standard InChI is InChI=1S/C37H31ClN4O3/c1-21-4-3-5-28-33(44)18-31-35(34(21)28)26(19-38)20-42(31)37(45)25-12-15-30-29(17-25)40-36(41(30)2)24-8-6-22(7-9-24)16-32(43)23-10-13-27(39)14-11-23/h3-15,17-18,26,44H,16,19-20,39H2,1-2H3/t26-/m1/s1. The number of Topliss-reactive ketones (excluding diaryl/α,β-unsaturated/α-hetero) is 1. The summed E-state index contributed by atoms with van der Waals surface area (Å²) in [6.07, 6.45) is 0.287. The summed E-state index contributed by atoms with van der Waals surface area (Å²) in [5.41, 5.74) is 13.6. The molecule has 0 radical (unpaired) electrons. The summed E-state index contributed by atoms with van der Waals surface area (Å²) in [6, 6.07) is 27.8. The first-order valence-electron chi connectivity index (χ1n) is 14.8. The van der Waals surface area contributed by atoms with Gasteiger partial charge in [-0.3, -0.25) is 9.59 Å². The lowest BCUT2D eigenvalue weighted by Gasteiger charge is -2.19. The Labute approximate surface area is 265 Å². The van der Waals surface area contributed by atoms with Crippen molar-refractivity contribution in [1.29, 1.82) is 0 Å². The average Bonchev–Trinajstić information content (AvgIpc) is 3.58. The number of benzene rings is 5. The molecule has 6 aromatic rings. The number of nitrogen functional groups attached to an aromatic ring is 1. The number of carbonyl (C=O) groups is 2. The monoisotopic (exact) mass is 614 g/mol. The number of hydrogen-bond acceptors (Lipinski definition) is 5. The molecule has 8 heteroatoms. The molecule has 224 valence electrons. The number of hydrogen-bond donors (Lipinski definition) is 2. The summed E-state index contributed by atoms with van der Waals surface area (Å²) in [6.45, 7) is 2.45. The number of rotatable bonds is 6. The molecule has 0 saturated carbocycles. The number of aromatic hydroxyl groups is 1. The summed E-state index contributed by atoms with van der Waals surface area (Å²) in [4.78, 5) is 33.3. The second kappa shape index (κ2) is 11.1. The Morgan fingerprint density at radius 1 is 0.978 bits per heavy atom. The Morgan fingerprint density at radius 2 is 1.71 bits per heavy atom. The highest BCUT2D eigenvalue weighted by molar-refractivity contribution is 6.19. The van der Waals surface area contributed by atoms with E-state index >= 15 is 0 Å². The number of amides is 1. The predicted molar refractivity (Wildman–Crippen MR) is 181 cm³/mol. The van der Waals surface area contributed by atoms with Gasteiger partial charge in [-0.25, -0.2) is 4.98 Å². The van der Waals surface area contributed by atoms with E-state index in [1.54, 1.807) is 35.2 Å². The first-order chi connectivity index (χ1) is 21.7. The topological polar surface area (TPSA) is 101 Å². The fourth-order valence-corrected chi connectivity index (χ4v) is 6.74. The van der Waals surface area contributed by atoms with Crippen LogP contribution in [0.4, 0.5) is 11.4 Å². The summed E-state index contributed by atoms with van der Waals surface area (Å²) < 4.78 is 2.00. The molecule has 1 aliphatic rings. The van der Waals surface area contributed by atoms with Gasteiger partial charge in [-0.15, -0.1) is 11.6 Å². The maximum absolute atomic E-state index is 14.0. The molecular weight excluding hydrogens is 584 g/mol. The van der Waals surface area contributed by atoms with Gasteiger partial charge in [0.05, 0.1) is 16.7 Å². The number of halogens is 1. The van der Waals surface area contributed by atoms with Crippen molar-refractivity contribution in [2.75, 3.05) is 23.1 Å². The van der Waals surface area contributed by atoms with Gasteiger partial charge in [0.15, 0.2) is 5.78 Å². The van der Waals surface area contributed by atoms with E-state index in [0.29, 0.717) is 40.4 Å². The van der Waals surface area contributed by atoms with E-state index in [2.05, 4.69) is 0 Å². The van der Waals surface area contributed by atoms with E-state index < -0.39 is 0 Å². The van der Waals surface area contributed by atoms with Crippen LogP contribution in [0.1, 0.15) is 43.3 Å². The lowest BCUT2D eigenvalue weighted by molar-refractivity contribution is 0.0982. The van der Waals surface area contributed by atoms with Gasteiger partial charge in [0.2, 0.25) is 0 Å². The van der Waals surface area contributed by atoms with E-state index in [4.69, 9.17) is 22.3 Å². The fourth-order valence-electron chi connectivity index (χ4n) is 6.49. The number of phenolic OH excluding ortho intramolecular Hbond substituents is 1. The highest BCUT2D eigenvalue weighted by atomic mass is 35.5. The maximum atomic E-state index is 14.0. The normalized spacial score (nSPS) is 14.3. The van der Waals surface area contributed by atoms with Gasteiger partial charge in [0.1, 0.15) is 11.6 Å². The molecule has 0 aliphatic carbocycles. The van der Waals surface area contributed by atoms with Crippen molar-refractivity contribution in [3.63, 3.8) is 0 Å². The second-order valence-corrected chi connectivity index (χ2v) is 12.0. The first kappa shape index (κ1) is 28.6. The predicted octanol–water partition coefficient (Wildman–Crippen LogP) is 7.40. The molecule has 1 aliphatic heterocycles. The van der Waals surface area contributed by atoms with Crippen molar-refractivity contribution >= 4 is 56.5 Å². The molecule has 1 aromatic heterocycles. The Morgan fingerprint density at radius 3 is 2.44 bits per heavy atom. The molecule has 1 amide bonds. The van der Waals surface area contributed by atoms with Crippen LogP contribution in [-0.2, 0) is 13.5 Å². The van der Waals surface area contributed by atoms with Crippen LogP contribution in [0, 0.1) is 6.92 Å². The number of phenols is 1. The number of anilines is 2. The molecular formula is C37H31ClN4O3. The van der Waals surface area contributed by atoms with Gasteiger partial charge in [0, 0.05) is 65.6 Å². The van der Waals surface area contributed by atoms with Crippen LogP contribution in [0.5, 0.6) is 5.75 Å². The molecule has 7 rings (SSSR count). The van der Waals surface area contributed by atoms with Crippen molar-refractivity contribution in [3.05, 3.63) is 119 Å². The van der Waals surface area contributed by atoms with Gasteiger partial charge in [-0.1, -0.05) is 42.5 Å². The Kier molecular flexibility index (Phi) is 7.06. The minimum Gasteiger partial charge on any atom is -0.507 e. The molecule has 0 bridgehead atoms. The highest BCUT2D eigenvalue weighted by Crippen LogP contribution is 2.46. The molecule has 5 aromatic carbocycles. The van der Waals surface area contributed by atoms with Crippen molar-refractivity contribution in [1.82, 2.24) is 9.55 Å². The van der Waals surface area contributed by atoms with Crippen molar-refractivity contribution < 1.29 is 14.7 Å². The number of aromatic nitrogens is 2. The van der Waals surface area contributed by atoms with E-state index in [-0.39, 0.29) is 29.8 Å². The zero-order valence-electron chi connectivity index (χ0n) is 24.9. The van der Waals surface area contributed by atoms with Crippen LogP contribution in [0.15, 0.2) is 91.0 Å². The number of fused-ring (bicyclic) bond motifs is 4. The smallest absolute Gasteiger partial charge is 0.258 e. The summed E-state index contributed by atoms with van der Waals surface area (Å²) in [7, 11) is 1.95. The zero-order chi connectivity index (χ0) is 31.4. The zero-order valence-corrected chi connectivity index (χ0v) is 25.7. The highest BCUT2D eigenvalue weighted by Gasteiger charge is 2.35. The lowest BCUT2D eigenvalue weighted by atomic mass is 9.92. The van der Waals surface area contributed by atoms with E-state index in [1.807, 2.05) is 79.2 Å². The average molecular weight is 615 g/mol. The molecule has 0 spiro atoms. The van der Waals surface area contributed by atoms with Crippen molar-refractivity contribution in [2.24, 2.45) is 7.05 Å². The molecule has 2 heterocycles. The third-order valence-electron chi connectivity index (χ3n) is 8.84. The Bertz CT molecular complexity index is 2140.